The standard InChI is InChI=1S/C21H24ClN3O5S2/c1-12(2)25(31(6,27)28)19-13(3)9-10-14(16(19)22)20-18(24-26)17-15(8-7-11-23-17)21(4,5)32(20,29)30/h7-12H,1-6H3. The van der Waals surface area contributed by atoms with Gasteiger partial charge in [0.25, 0.3) is 0 Å². The largest absolute Gasteiger partial charge is 0.266 e. The third kappa shape index (κ3) is 3.54. The molecule has 172 valence electrons. The maximum atomic E-state index is 13.7. The van der Waals surface area contributed by atoms with Crippen LogP contribution in [-0.4, -0.2) is 34.1 Å². The van der Waals surface area contributed by atoms with Gasteiger partial charge in [0.15, 0.2) is 15.5 Å². The molecular formula is C21H24ClN3O5S2. The zero-order valence-corrected chi connectivity index (χ0v) is 20.9. The lowest BCUT2D eigenvalue weighted by atomic mass is 9.97. The Hall–Kier alpha value is -2.30. The average molecular weight is 498 g/mol. The fourth-order valence-electron chi connectivity index (χ4n) is 3.99. The minimum Gasteiger partial charge on any atom is -0.266 e. The van der Waals surface area contributed by atoms with Crippen LogP contribution in [0.25, 0.3) is 10.6 Å². The number of aryl methyl sites for hydroxylation is 1. The molecule has 0 amide bonds. The number of nitrogens with zero attached hydrogens (tertiary/aromatic N) is 3. The highest BCUT2D eigenvalue weighted by Crippen LogP contribution is 2.51. The number of nitroso groups, excluding NO2 is 1. The van der Waals surface area contributed by atoms with E-state index in [9.17, 15) is 21.7 Å². The lowest BCUT2D eigenvalue weighted by molar-refractivity contribution is 0.563. The molecule has 8 nitrogen and oxygen atoms in total. The number of sulfone groups is 1. The second-order valence-corrected chi connectivity index (χ2v) is 13.1. The lowest BCUT2D eigenvalue weighted by Crippen LogP contribution is -2.37. The molecule has 3 rings (SSSR count). The summed E-state index contributed by atoms with van der Waals surface area (Å²) in [4.78, 5) is 15.8. The SMILES string of the molecule is Cc1ccc(C2=C(N=O)c3ncccc3C(C)(C)S2(=O)=O)c(Cl)c1N(C(C)C)S(C)(=O)=O. The van der Waals surface area contributed by atoms with Crippen molar-refractivity contribution in [2.24, 2.45) is 5.18 Å². The van der Waals surface area contributed by atoms with E-state index in [4.69, 9.17) is 11.6 Å². The molecule has 0 saturated carbocycles. The van der Waals surface area contributed by atoms with Gasteiger partial charge < -0.3 is 0 Å². The molecule has 2 heterocycles. The molecular weight excluding hydrogens is 474 g/mol. The van der Waals surface area contributed by atoms with Crippen LogP contribution in [0.4, 0.5) is 5.69 Å². The van der Waals surface area contributed by atoms with Crippen LogP contribution in [0.2, 0.25) is 5.02 Å². The van der Waals surface area contributed by atoms with Crippen molar-refractivity contribution in [3.8, 4) is 0 Å². The summed E-state index contributed by atoms with van der Waals surface area (Å²) in [5.41, 5.74) is 0.832. The molecule has 0 spiro atoms. The van der Waals surface area contributed by atoms with Crippen molar-refractivity contribution in [2.75, 3.05) is 10.6 Å². The molecule has 0 atom stereocenters. The highest BCUT2D eigenvalue weighted by atomic mass is 35.5. The summed E-state index contributed by atoms with van der Waals surface area (Å²) in [6.07, 6.45) is 2.50. The van der Waals surface area contributed by atoms with Crippen LogP contribution in [0.15, 0.2) is 35.6 Å². The number of hydrogen-bond acceptors (Lipinski definition) is 7. The Morgan fingerprint density at radius 3 is 2.34 bits per heavy atom. The highest BCUT2D eigenvalue weighted by molar-refractivity contribution is 8.01. The number of rotatable bonds is 5. The van der Waals surface area contributed by atoms with Gasteiger partial charge in [0, 0.05) is 23.4 Å². The lowest BCUT2D eigenvalue weighted by Gasteiger charge is -2.34. The summed E-state index contributed by atoms with van der Waals surface area (Å²) < 4.78 is 52.3. The van der Waals surface area contributed by atoms with Gasteiger partial charge >= 0.3 is 0 Å². The first-order valence-corrected chi connectivity index (χ1v) is 13.5. The summed E-state index contributed by atoms with van der Waals surface area (Å²) in [5.74, 6) is 0. The number of anilines is 1. The summed E-state index contributed by atoms with van der Waals surface area (Å²) in [7, 11) is -7.91. The van der Waals surface area contributed by atoms with Crippen LogP contribution >= 0.6 is 11.6 Å². The van der Waals surface area contributed by atoms with Crippen molar-refractivity contribution < 1.29 is 16.8 Å². The third-order valence-corrected chi connectivity index (χ3v) is 9.75. The van der Waals surface area contributed by atoms with Crippen LogP contribution in [0.5, 0.6) is 0 Å². The number of fused-ring (bicyclic) bond motifs is 1. The predicted octanol–water partition coefficient (Wildman–Crippen LogP) is 4.47. The first kappa shape index (κ1) is 24.3. The van der Waals surface area contributed by atoms with Crippen LogP contribution in [0.3, 0.4) is 0 Å². The van der Waals surface area contributed by atoms with Gasteiger partial charge in [0.05, 0.1) is 27.4 Å². The summed E-state index contributed by atoms with van der Waals surface area (Å²) in [5, 5.41) is 2.93. The fraction of sp³-hybridized carbons (Fsp3) is 0.381. The van der Waals surface area contributed by atoms with Gasteiger partial charge in [0.1, 0.15) is 4.91 Å². The van der Waals surface area contributed by atoms with E-state index in [0.29, 0.717) is 11.1 Å². The number of sulfonamides is 1. The molecule has 1 aromatic heterocycles. The van der Waals surface area contributed by atoms with E-state index in [2.05, 4.69) is 10.2 Å². The van der Waals surface area contributed by atoms with Gasteiger partial charge in [-0.3, -0.25) is 9.29 Å². The first-order valence-electron chi connectivity index (χ1n) is 9.75. The summed E-state index contributed by atoms with van der Waals surface area (Å²) in [6, 6.07) is 5.73. The Balaban J connectivity index is 2.50. The third-order valence-electron chi connectivity index (χ3n) is 5.54. The fourth-order valence-corrected chi connectivity index (χ4v) is 7.63. The van der Waals surface area contributed by atoms with Crippen molar-refractivity contribution in [1.29, 1.82) is 0 Å². The van der Waals surface area contributed by atoms with E-state index in [0.717, 1.165) is 10.6 Å². The molecule has 0 N–H and O–H groups in total. The number of benzene rings is 1. The average Bonchev–Trinajstić information content (AvgIpc) is 2.67. The van der Waals surface area contributed by atoms with Crippen molar-refractivity contribution in [3.63, 3.8) is 0 Å². The second-order valence-electron chi connectivity index (χ2n) is 8.43. The number of aromatic nitrogens is 1. The quantitative estimate of drug-likeness (QED) is 0.563. The molecule has 0 bridgehead atoms. The molecule has 0 saturated heterocycles. The molecule has 2 aromatic rings. The Kier molecular flexibility index (Phi) is 6.03. The van der Waals surface area contributed by atoms with Gasteiger partial charge in [-0.05, 0) is 51.4 Å². The van der Waals surface area contributed by atoms with Gasteiger partial charge in [0.2, 0.25) is 10.0 Å². The molecule has 1 aliphatic heterocycles. The Bertz CT molecular complexity index is 1360. The van der Waals surface area contributed by atoms with E-state index >= 15 is 0 Å². The van der Waals surface area contributed by atoms with Crippen LogP contribution in [-0.2, 0) is 24.6 Å². The molecule has 0 unspecified atom stereocenters. The number of pyridine rings is 1. The smallest absolute Gasteiger partial charge is 0.232 e. The summed E-state index contributed by atoms with van der Waals surface area (Å²) >= 11 is 6.69. The zero-order valence-electron chi connectivity index (χ0n) is 18.5. The van der Waals surface area contributed by atoms with Crippen molar-refractivity contribution in [1.82, 2.24) is 4.98 Å². The minimum absolute atomic E-state index is 0.000504. The van der Waals surface area contributed by atoms with Gasteiger partial charge in [-0.1, -0.05) is 29.8 Å². The molecule has 1 aliphatic rings. The van der Waals surface area contributed by atoms with Gasteiger partial charge in [-0.2, -0.15) is 0 Å². The summed E-state index contributed by atoms with van der Waals surface area (Å²) in [6.45, 7) is 8.08. The molecule has 1 aromatic carbocycles. The van der Waals surface area contributed by atoms with Crippen molar-refractivity contribution in [2.45, 2.75) is 45.4 Å². The van der Waals surface area contributed by atoms with Gasteiger partial charge in [-0.25, -0.2) is 16.8 Å². The Labute approximate surface area is 193 Å². The van der Waals surface area contributed by atoms with Crippen LogP contribution < -0.4 is 4.31 Å². The topological polar surface area (TPSA) is 114 Å². The van der Waals surface area contributed by atoms with Crippen LogP contribution in [0.1, 0.15) is 50.1 Å². The van der Waals surface area contributed by atoms with E-state index in [1.54, 1.807) is 39.0 Å². The maximum absolute atomic E-state index is 13.7. The van der Waals surface area contributed by atoms with Crippen molar-refractivity contribution in [3.05, 3.63) is 62.8 Å². The second kappa shape index (κ2) is 7.93. The molecule has 11 heteroatoms. The van der Waals surface area contributed by atoms with Crippen LogP contribution in [0, 0.1) is 11.8 Å². The Morgan fingerprint density at radius 1 is 1.19 bits per heavy atom. The van der Waals surface area contributed by atoms with E-state index in [1.165, 1.54) is 26.1 Å². The highest BCUT2D eigenvalue weighted by Gasteiger charge is 2.48. The molecule has 0 radical (unpaired) electrons. The molecule has 0 aliphatic carbocycles. The Morgan fingerprint density at radius 2 is 1.81 bits per heavy atom. The normalized spacial score (nSPS) is 17.2. The first-order chi connectivity index (χ1) is 14.7. The van der Waals surface area contributed by atoms with Crippen molar-refractivity contribution >= 4 is 47.8 Å². The van der Waals surface area contributed by atoms with E-state index in [-0.39, 0.29) is 32.6 Å². The molecule has 0 fully saturated rings. The number of halogens is 1. The maximum Gasteiger partial charge on any atom is 0.232 e. The zero-order chi connectivity index (χ0) is 24.2. The van der Waals surface area contributed by atoms with E-state index in [1.807, 2.05) is 0 Å². The molecule has 32 heavy (non-hydrogen) atoms. The minimum atomic E-state index is -4.17. The number of hydrogen-bond donors (Lipinski definition) is 0. The predicted molar refractivity (Wildman–Crippen MR) is 127 cm³/mol. The monoisotopic (exact) mass is 497 g/mol. The van der Waals surface area contributed by atoms with Gasteiger partial charge in [-0.15, -0.1) is 4.91 Å². The van der Waals surface area contributed by atoms with E-state index < -0.39 is 30.6 Å².